The maximum Gasteiger partial charge on any atom is 0.328 e. The third-order valence-corrected chi connectivity index (χ3v) is 2.66. The molecule has 0 amide bonds. The number of carbonyl (C=O) groups is 1. The molecule has 0 fully saturated rings. The molecule has 102 valence electrons. The first-order valence-electron chi connectivity index (χ1n) is 6.00. The predicted molar refractivity (Wildman–Crippen MR) is 74.3 cm³/mol. The molecule has 1 N–H and O–H groups in total. The van der Waals surface area contributed by atoms with Crippen LogP contribution in [-0.2, 0) is 4.79 Å². The van der Waals surface area contributed by atoms with Gasteiger partial charge >= 0.3 is 5.97 Å². The van der Waals surface area contributed by atoms with Crippen LogP contribution in [0.25, 0.3) is 6.08 Å². The molecule has 0 spiro atoms. The summed E-state index contributed by atoms with van der Waals surface area (Å²) >= 11 is 0. The number of carboxylic acid groups (broad SMARTS) is 1. The average Bonchev–Trinajstić information content (AvgIpc) is 2.41. The molecule has 0 atom stereocenters. The molecule has 2 aromatic rings. The van der Waals surface area contributed by atoms with Crippen molar-refractivity contribution in [1.82, 2.24) is 0 Å². The third kappa shape index (κ3) is 3.68. The maximum atomic E-state index is 13.0. The largest absolute Gasteiger partial charge is 0.478 e. The van der Waals surface area contributed by atoms with Gasteiger partial charge in [0.15, 0.2) is 0 Å². The van der Waals surface area contributed by atoms with Crippen molar-refractivity contribution >= 4 is 12.0 Å². The van der Waals surface area contributed by atoms with Gasteiger partial charge in [0.05, 0.1) is 0 Å². The van der Waals surface area contributed by atoms with Gasteiger partial charge in [-0.25, -0.2) is 9.18 Å². The summed E-state index contributed by atoms with van der Waals surface area (Å²) in [5.41, 5.74) is 1.47. The summed E-state index contributed by atoms with van der Waals surface area (Å²) in [5.74, 6) is -0.108. The van der Waals surface area contributed by atoms with Crippen molar-refractivity contribution in [3.63, 3.8) is 0 Å². The lowest BCUT2D eigenvalue weighted by Crippen LogP contribution is -1.89. The Bertz CT molecular complexity index is 645. The van der Waals surface area contributed by atoms with Crippen LogP contribution in [0.1, 0.15) is 11.1 Å². The molecule has 0 aliphatic heterocycles. The molecular weight excluding hydrogens is 259 g/mol. The number of aryl methyl sites for hydroxylation is 1. The van der Waals surface area contributed by atoms with Crippen molar-refractivity contribution in [3.8, 4) is 11.5 Å². The highest BCUT2D eigenvalue weighted by Crippen LogP contribution is 2.25. The van der Waals surface area contributed by atoms with E-state index < -0.39 is 5.97 Å². The zero-order valence-corrected chi connectivity index (χ0v) is 10.8. The van der Waals surface area contributed by atoms with E-state index in [-0.39, 0.29) is 5.82 Å². The number of halogens is 1. The van der Waals surface area contributed by atoms with Crippen LogP contribution < -0.4 is 4.74 Å². The fraction of sp³-hybridized carbons (Fsp3) is 0.0625. The minimum atomic E-state index is -0.993. The van der Waals surface area contributed by atoms with Crippen LogP contribution in [0, 0.1) is 12.7 Å². The molecule has 0 aliphatic carbocycles. The van der Waals surface area contributed by atoms with Gasteiger partial charge in [0, 0.05) is 6.08 Å². The van der Waals surface area contributed by atoms with Gasteiger partial charge in [0.25, 0.3) is 0 Å². The Morgan fingerprint density at radius 2 is 1.90 bits per heavy atom. The molecule has 0 saturated carbocycles. The number of aliphatic carboxylic acids is 1. The molecule has 0 heterocycles. The van der Waals surface area contributed by atoms with E-state index in [1.807, 2.05) is 0 Å². The van der Waals surface area contributed by atoms with E-state index in [1.54, 1.807) is 37.3 Å². The summed E-state index contributed by atoms with van der Waals surface area (Å²) in [6.45, 7) is 1.77. The van der Waals surface area contributed by atoms with Gasteiger partial charge in [-0.3, -0.25) is 0 Å². The van der Waals surface area contributed by atoms with Crippen molar-refractivity contribution in [2.45, 2.75) is 6.92 Å². The van der Waals surface area contributed by atoms with Crippen LogP contribution in [0.5, 0.6) is 11.5 Å². The fourth-order valence-corrected chi connectivity index (χ4v) is 1.67. The summed E-state index contributed by atoms with van der Waals surface area (Å²) < 4.78 is 18.6. The molecule has 3 nitrogen and oxygen atoms in total. The van der Waals surface area contributed by atoms with Gasteiger partial charge in [0.2, 0.25) is 0 Å². The Morgan fingerprint density at radius 3 is 2.50 bits per heavy atom. The topological polar surface area (TPSA) is 46.5 Å². The molecule has 4 heteroatoms. The first kappa shape index (κ1) is 13.8. The lowest BCUT2D eigenvalue weighted by Gasteiger charge is -2.08. The molecule has 0 bridgehead atoms. The van der Waals surface area contributed by atoms with E-state index in [0.717, 1.165) is 11.6 Å². The lowest BCUT2D eigenvalue weighted by molar-refractivity contribution is -0.131. The molecule has 0 saturated heterocycles. The van der Waals surface area contributed by atoms with Crippen molar-refractivity contribution in [1.29, 1.82) is 0 Å². The highest BCUT2D eigenvalue weighted by molar-refractivity contribution is 5.85. The number of benzene rings is 2. The van der Waals surface area contributed by atoms with Crippen molar-refractivity contribution in [3.05, 3.63) is 65.5 Å². The van der Waals surface area contributed by atoms with Crippen LogP contribution in [0.15, 0.2) is 48.5 Å². The summed E-state index contributed by atoms with van der Waals surface area (Å²) in [4.78, 5) is 10.4. The SMILES string of the molecule is Cc1cc(F)ccc1Oc1ccc(/C=C/C(=O)O)cc1. The first-order chi connectivity index (χ1) is 9.54. The van der Waals surface area contributed by atoms with Gasteiger partial charge in [-0.2, -0.15) is 0 Å². The number of hydrogen-bond acceptors (Lipinski definition) is 2. The predicted octanol–water partition coefficient (Wildman–Crippen LogP) is 4.02. The second-order valence-corrected chi connectivity index (χ2v) is 4.25. The van der Waals surface area contributed by atoms with Gasteiger partial charge < -0.3 is 9.84 Å². The van der Waals surface area contributed by atoms with E-state index >= 15 is 0 Å². The highest BCUT2D eigenvalue weighted by atomic mass is 19.1. The Morgan fingerprint density at radius 1 is 1.20 bits per heavy atom. The minimum absolute atomic E-state index is 0.302. The van der Waals surface area contributed by atoms with Gasteiger partial charge in [-0.1, -0.05) is 12.1 Å². The van der Waals surface area contributed by atoms with Crippen molar-refractivity contribution in [2.24, 2.45) is 0 Å². The second-order valence-electron chi connectivity index (χ2n) is 4.25. The number of carboxylic acids is 1. The minimum Gasteiger partial charge on any atom is -0.478 e. The van der Waals surface area contributed by atoms with Crippen LogP contribution >= 0.6 is 0 Å². The molecular formula is C16H13FO3. The third-order valence-electron chi connectivity index (χ3n) is 2.66. The highest BCUT2D eigenvalue weighted by Gasteiger charge is 2.02. The lowest BCUT2D eigenvalue weighted by atomic mass is 10.2. The van der Waals surface area contributed by atoms with Crippen LogP contribution in [0.3, 0.4) is 0 Å². The summed E-state index contributed by atoms with van der Waals surface area (Å²) in [6, 6.07) is 11.3. The number of rotatable bonds is 4. The standard InChI is InChI=1S/C16H13FO3/c1-11-10-13(17)5-8-15(11)20-14-6-2-12(3-7-14)4-9-16(18)19/h2-10H,1H3,(H,18,19)/b9-4+. The van der Waals surface area contributed by atoms with Gasteiger partial charge in [-0.15, -0.1) is 0 Å². The van der Waals surface area contributed by atoms with Crippen molar-refractivity contribution in [2.75, 3.05) is 0 Å². The monoisotopic (exact) mass is 272 g/mol. The Balaban J connectivity index is 2.12. The summed E-state index contributed by atoms with van der Waals surface area (Å²) in [7, 11) is 0. The van der Waals surface area contributed by atoms with E-state index in [4.69, 9.17) is 9.84 Å². The summed E-state index contributed by atoms with van der Waals surface area (Å²) in [6.07, 6.45) is 2.56. The van der Waals surface area contributed by atoms with E-state index in [0.29, 0.717) is 17.1 Å². The molecule has 20 heavy (non-hydrogen) atoms. The van der Waals surface area contributed by atoms with E-state index in [2.05, 4.69) is 0 Å². The first-order valence-corrected chi connectivity index (χ1v) is 6.00. The zero-order chi connectivity index (χ0) is 14.5. The Labute approximate surface area is 115 Å². The van der Waals surface area contributed by atoms with Gasteiger partial charge in [-0.05, 0) is 54.5 Å². The van der Waals surface area contributed by atoms with Crippen molar-refractivity contribution < 1.29 is 19.0 Å². The fourth-order valence-electron chi connectivity index (χ4n) is 1.67. The summed E-state index contributed by atoms with van der Waals surface area (Å²) in [5, 5.41) is 8.54. The zero-order valence-electron chi connectivity index (χ0n) is 10.8. The van der Waals surface area contributed by atoms with Crippen LogP contribution in [0.4, 0.5) is 4.39 Å². The molecule has 0 radical (unpaired) electrons. The van der Waals surface area contributed by atoms with Gasteiger partial charge in [0.1, 0.15) is 17.3 Å². The quantitative estimate of drug-likeness (QED) is 0.855. The molecule has 2 aromatic carbocycles. The molecule has 0 aromatic heterocycles. The number of ether oxygens (including phenoxy) is 1. The Kier molecular flexibility index (Phi) is 4.15. The smallest absolute Gasteiger partial charge is 0.328 e. The number of hydrogen-bond donors (Lipinski definition) is 1. The van der Waals surface area contributed by atoms with E-state index in [9.17, 15) is 9.18 Å². The second kappa shape index (κ2) is 6.02. The van der Waals surface area contributed by atoms with E-state index in [1.165, 1.54) is 18.2 Å². The average molecular weight is 272 g/mol. The Hall–Kier alpha value is -2.62. The normalized spacial score (nSPS) is 10.7. The molecule has 2 rings (SSSR count). The van der Waals surface area contributed by atoms with Crippen LogP contribution in [0.2, 0.25) is 0 Å². The maximum absolute atomic E-state index is 13.0. The molecule has 0 aliphatic rings. The molecule has 0 unspecified atom stereocenters. The van der Waals surface area contributed by atoms with Crippen LogP contribution in [-0.4, -0.2) is 11.1 Å².